The molecule has 0 aliphatic heterocycles. The molecule has 4 N–H and O–H groups in total. The molecule has 0 bridgehead atoms. The molecular formula is C23H23F3N5O4+. The Bertz CT molecular complexity index is 1490. The molecule has 2 aromatic carbocycles. The second kappa shape index (κ2) is 9.29. The summed E-state index contributed by atoms with van der Waals surface area (Å²) >= 11 is 0. The van der Waals surface area contributed by atoms with Gasteiger partial charge in [-0.05, 0) is 29.8 Å². The first kappa shape index (κ1) is 24.1. The number of nitrogen functional groups attached to an aromatic ring is 1. The standard InChI is InChI=1S/C23H22F3N5O4/c1-29-20-18(21(33)30(22(29)34)10-3-11-32)31(13-14-6-8-16(27)9-7-14)19(28-20)15-4-2-5-17(12-15)35-23(24,25)26/h2,4-9,12,32H,3,10-11,13,27H2,1H3/p+1. The summed E-state index contributed by atoms with van der Waals surface area (Å²) in [5.41, 5.74) is 6.37. The van der Waals surface area contributed by atoms with Crippen molar-refractivity contribution in [1.29, 1.82) is 0 Å². The molecule has 0 unspecified atom stereocenters. The molecule has 0 fully saturated rings. The molecular weight excluding hydrogens is 467 g/mol. The molecule has 12 heteroatoms. The predicted octanol–water partition coefficient (Wildman–Crippen LogP) is 2.21. The van der Waals surface area contributed by atoms with Crippen molar-refractivity contribution in [3.05, 3.63) is 74.9 Å². The fraction of sp³-hybridized carbons (Fsp3) is 0.261. The third-order valence-corrected chi connectivity index (χ3v) is 5.44. The second-order valence-electron chi connectivity index (χ2n) is 7.91. The minimum Gasteiger partial charge on any atom is -0.445 e. The maximum atomic E-state index is 13.4. The quantitative estimate of drug-likeness (QED) is 0.315. The number of aryl methyl sites for hydroxylation is 1. The Kier molecular flexibility index (Phi) is 6.39. The van der Waals surface area contributed by atoms with Gasteiger partial charge < -0.3 is 20.1 Å². The first-order chi connectivity index (χ1) is 16.6. The largest absolute Gasteiger partial charge is 0.573 e. The highest BCUT2D eigenvalue weighted by Gasteiger charge is 2.31. The van der Waals surface area contributed by atoms with E-state index in [-0.39, 0.29) is 42.2 Å². The maximum absolute atomic E-state index is 13.4. The lowest BCUT2D eigenvalue weighted by atomic mass is 10.1. The molecule has 2 heterocycles. The molecule has 0 saturated heterocycles. The number of aromatic nitrogens is 4. The number of ether oxygens (including phenoxy) is 1. The Balaban J connectivity index is 1.98. The van der Waals surface area contributed by atoms with Crippen molar-refractivity contribution in [3.8, 4) is 17.1 Å². The predicted molar refractivity (Wildman–Crippen MR) is 124 cm³/mol. The van der Waals surface area contributed by atoms with Crippen LogP contribution in [0.3, 0.4) is 0 Å². The van der Waals surface area contributed by atoms with Gasteiger partial charge in [0, 0.05) is 37.8 Å². The summed E-state index contributed by atoms with van der Waals surface area (Å²) in [4.78, 5) is 30.7. The fourth-order valence-corrected chi connectivity index (χ4v) is 3.82. The number of hydrogen-bond donors (Lipinski definition) is 1. The van der Waals surface area contributed by atoms with Gasteiger partial charge in [-0.2, -0.15) is 0 Å². The molecule has 0 atom stereocenters. The first-order valence-corrected chi connectivity index (χ1v) is 10.6. The highest BCUT2D eigenvalue weighted by atomic mass is 19.4. The van der Waals surface area contributed by atoms with Gasteiger partial charge in [-0.1, -0.05) is 24.3 Å². The smallest absolute Gasteiger partial charge is 0.445 e. The number of nitrogens with two attached hydrogens (primary N) is 1. The van der Waals surface area contributed by atoms with Crippen LogP contribution in [0.4, 0.5) is 18.9 Å². The normalized spacial score (nSPS) is 11.8. The summed E-state index contributed by atoms with van der Waals surface area (Å²) < 4.78 is 46.3. The monoisotopic (exact) mass is 490 g/mol. The molecule has 0 radical (unpaired) electrons. The number of halogens is 3. The van der Waals surface area contributed by atoms with Crippen molar-refractivity contribution in [2.24, 2.45) is 7.05 Å². The van der Waals surface area contributed by atoms with Crippen molar-refractivity contribution in [1.82, 2.24) is 18.7 Å². The third-order valence-electron chi connectivity index (χ3n) is 5.44. The van der Waals surface area contributed by atoms with Crippen molar-refractivity contribution < 1.29 is 23.0 Å². The Morgan fingerprint density at radius 3 is 2.46 bits per heavy atom. The van der Waals surface area contributed by atoms with Crippen LogP contribution < -0.4 is 21.7 Å². The van der Waals surface area contributed by atoms with Crippen LogP contribution >= 0.6 is 0 Å². The topological polar surface area (TPSA) is 120 Å². The zero-order chi connectivity index (χ0) is 25.3. The first-order valence-electron chi connectivity index (χ1n) is 10.6. The van der Waals surface area contributed by atoms with Crippen LogP contribution in [0.25, 0.3) is 22.6 Å². The minimum atomic E-state index is -4.88. The van der Waals surface area contributed by atoms with E-state index in [1.807, 2.05) is 0 Å². The summed E-state index contributed by atoms with van der Waals surface area (Å²) in [7, 11) is 1.47. The number of rotatable bonds is 7. The Morgan fingerprint density at radius 1 is 1.09 bits per heavy atom. The molecule has 4 rings (SSSR count). The van der Waals surface area contributed by atoms with Crippen molar-refractivity contribution in [2.45, 2.75) is 25.9 Å². The molecule has 35 heavy (non-hydrogen) atoms. The van der Waals surface area contributed by atoms with E-state index in [1.54, 1.807) is 34.9 Å². The maximum Gasteiger partial charge on any atom is 0.573 e. The van der Waals surface area contributed by atoms with Gasteiger partial charge in [0.05, 0.1) is 0 Å². The van der Waals surface area contributed by atoms with Crippen LogP contribution in [0.1, 0.15) is 12.0 Å². The van der Waals surface area contributed by atoms with Crippen LogP contribution in [-0.2, 0) is 20.1 Å². The van der Waals surface area contributed by atoms with Gasteiger partial charge in [0.2, 0.25) is 0 Å². The zero-order valence-corrected chi connectivity index (χ0v) is 18.7. The van der Waals surface area contributed by atoms with Crippen LogP contribution in [0, 0.1) is 0 Å². The molecule has 0 saturated carbocycles. The lowest BCUT2D eigenvalue weighted by molar-refractivity contribution is -0.274. The Hall–Kier alpha value is -4.06. The van der Waals surface area contributed by atoms with Gasteiger partial charge in [-0.15, -0.1) is 13.2 Å². The summed E-state index contributed by atoms with van der Waals surface area (Å²) in [5, 5.41) is 7.37. The average Bonchev–Trinajstić information content (AvgIpc) is 3.18. The van der Waals surface area contributed by atoms with Gasteiger partial charge in [0.1, 0.15) is 18.2 Å². The molecule has 9 nitrogen and oxygen atoms in total. The minimum absolute atomic E-state index is 0.0373. The highest BCUT2D eigenvalue weighted by molar-refractivity contribution is 5.77. The van der Waals surface area contributed by atoms with E-state index in [0.29, 0.717) is 12.1 Å². The average molecular weight is 490 g/mol. The molecule has 184 valence electrons. The summed E-state index contributed by atoms with van der Waals surface area (Å²) in [6.45, 7) is 0.236. The summed E-state index contributed by atoms with van der Waals surface area (Å²) in [6, 6.07) is 12.2. The van der Waals surface area contributed by atoms with Crippen molar-refractivity contribution in [3.63, 3.8) is 0 Å². The molecule has 0 aliphatic rings. The van der Waals surface area contributed by atoms with Gasteiger partial charge in [-0.3, -0.25) is 13.9 Å². The summed E-state index contributed by atoms with van der Waals surface area (Å²) in [6.07, 6.45) is -4.57. The van der Waals surface area contributed by atoms with E-state index in [4.69, 9.17) is 10.8 Å². The van der Waals surface area contributed by atoms with Crippen LogP contribution in [0.5, 0.6) is 5.75 Å². The molecule has 0 spiro atoms. The van der Waals surface area contributed by atoms with Gasteiger partial charge in [-0.25, -0.2) is 9.78 Å². The second-order valence-corrected chi connectivity index (χ2v) is 7.91. The van der Waals surface area contributed by atoms with Gasteiger partial charge in [0.15, 0.2) is 11.2 Å². The van der Waals surface area contributed by atoms with Crippen LogP contribution in [0.15, 0.2) is 58.1 Å². The number of imidazole rings is 1. The third kappa shape index (κ3) is 4.92. The number of anilines is 1. The van der Waals surface area contributed by atoms with Gasteiger partial charge in [0.25, 0.3) is 5.56 Å². The summed E-state index contributed by atoms with van der Waals surface area (Å²) in [5.74, 6) is -0.252. The lowest BCUT2D eigenvalue weighted by Crippen LogP contribution is -2.39. The van der Waals surface area contributed by atoms with E-state index in [9.17, 15) is 22.8 Å². The number of fused-ring (bicyclic) bond motifs is 1. The zero-order valence-electron chi connectivity index (χ0n) is 18.7. The molecule has 4 aromatic rings. The van der Waals surface area contributed by atoms with E-state index in [2.05, 4.69) is 9.72 Å². The van der Waals surface area contributed by atoms with E-state index in [0.717, 1.165) is 16.2 Å². The number of alkyl halides is 3. The number of hydrogen-bond acceptors (Lipinski definition) is 5. The van der Waals surface area contributed by atoms with E-state index in [1.165, 1.54) is 23.7 Å². The Morgan fingerprint density at radius 2 is 1.80 bits per heavy atom. The number of benzene rings is 2. The van der Waals surface area contributed by atoms with Crippen molar-refractivity contribution >= 4 is 16.9 Å². The van der Waals surface area contributed by atoms with Gasteiger partial charge >= 0.3 is 12.1 Å². The SMILES string of the molecule is Cn1c(=O)n(CCC[OH2+])c(=O)c2c1nc(-c1cccc(OC(F)(F)F)c1)n2Cc1ccc(N)cc1. The Labute approximate surface area is 196 Å². The van der Waals surface area contributed by atoms with Crippen LogP contribution in [-0.4, -0.2) is 36.8 Å². The molecule has 2 aromatic heterocycles. The lowest BCUT2D eigenvalue weighted by Gasteiger charge is -2.13. The van der Waals surface area contributed by atoms with Crippen LogP contribution in [0.2, 0.25) is 0 Å². The fourth-order valence-electron chi connectivity index (χ4n) is 3.82. The number of nitrogens with zero attached hydrogens (tertiary/aromatic N) is 4. The van der Waals surface area contributed by atoms with E-state index < -0.39 is 23.4 Å². The highest BCUT2D eigenvalue weighted by Crippen LogP contribution is 2.29. The molecule has 0 amide bonds. The van der Waals surface area contributed by atoms with Crippen molar-refractivity contribution in [2.75, 3.05) is 12.3 Å². The molecule has 0 aliphatic carbocycles. The van der Waals surface area contributed by atoms with E-state index >= 15 is 0 Å².